The van der Waals surface area contributed by atoms with E-state index in [2.05, 4.69) is 21.2 Å². The van der Waals surface area contributed by atoms with Gasteiger partial charge in [0.2, 0.25) is 0 Å². The molecular weight excluding hydrogens is 322 g/mol. The smallest absolute Gasteiger partial charge is 0.259 e. The number of carbonyl (C=O) groups is 1. The summed E-state index contributed by atoms with van der Waals surface area (Å²) in [5.74, 6) is -1.19. The first-order valence-corrected chi connectivity index (χ1v) is 6.93. The molecule has 104 valence electrons. The van der Waals surface area contributed by atoms with Crippen molar-refractivity contribution in [2.45, 2.75) is 13.3 Å². The van der Waals surface area contributed by atoms with Crippen LogP contribution in [0.15, 0.2) is 40.9 Å². The van der Waals surface area contributed by atoms with Gasteiger partial charge in [-0.3, -0.25) is 4.79 Å². The molecule has 0 unspecified atom stereocenters. The minimum absolute atomic E-state index is 0.0370. The van der Waals surface area contributed by atoms with Crippen LogP contribution in [0, 0.1) is 0 Å². The van der Waals surface area contributed by atoms with E-state index < -0.39 is 11.7 Å². The molecule has 4 nitrogen and oxygen atoms in total. The van der Waals surface area contributed by atoms with Crippen LogP contribution in [0.3, 0.4) is 0 Å². The fourth-order valence-corrected chi connectivity index (χ4v) is 2.29. The second-order valence-electron chi connectivity index (χ2n) is 4.28. The molecule has 0 fully saturated rings. The first-order valence-electron chi connectivity index (χ1n) is 6.13. The number of phenols is 2. The number of para-hydroxylation sites is 1. The molecule has 0 aliphatic rings. The quantitative estimate of drug-likeness (QED) is 0.749. The van der Waals surface area contributed by atoms with Gasteiger partial charge in [-0.2, -0.15) is 0 Å². The number of halogens is 1. The summed E-state index contributed by atoms with van der Waals surface area (Å²) in [5, 5.41) is 21.9. The number of carbonyl (C=O) groups excluding carboxylic acids is 1. The van der Waals surface area contributed by atoms with Crippen molar-refractivity contribution in [3.05, 3.63) is 52.0 Å². The number of amides is 1. The third-order valence-corrected chi connectivity index (χ3v) is 3.45. The predicted molar refractivity (Wildman–Crippen MR) is 81.2 cm³/mol. The Labute approximate surface area is 125 Å². The summed E-state index contributed by atoms with van der Waals surface area (Å²) < 4.78 is 0.938. The van der Waals surface area contributed by atoms with Crippen LogP contribution in [0.5, 0.6) is 11.5 Å². The first kappa shape index (κ1) is 14.4. The molecule has 1 amide bonds. The van der Waals surface area contributed by atoms with Crippen LogP contribution in [0.4, 0.5) is 5.69 Å². The highest BCUT2D eigenvalue weighted by Crippen LogP contribution is 2.29. The highest BCUT2D eigenvalue weighted by atomic mass is 79.9. The molecule has 0 radical (unpaired) electrons. The highest BCUT2D eigenvalue weighted by molar-refractivity contribution is 9.10. The molecule has 0 atom stereocenters. The fraction of sp³-hybridized carbons (Fsp3) is 0.133. The van der Waals surface area contributed by atoms with Gasteiger partial charge in [0, 0.05) is 10.2 Å². The van der Waals surface area contributed by atoms with Crippen molar-refractivity contribution >= 4 is 27.5 Å². The third kappa shape index (κ3) is 2.93. The number of aryl methyl sites for hydroxylation is 1. The maximum atomic E-state index is 12.1. The van der Waals surface area contributed by atoms with E-state index in [4.69, 9.17) is 0 Å². The van der Waals surface area contributed by atoms with Crippen LogP contribution >= 0.6 is 15.9 Å². The van der Waals surface area contributed by atoms with Crippen molar-refractivity contribution in [2.24, 2.45) is 0 Å². The second kappa shape index (κ2) is 5.96. The van der Waals surface area contributed by atoms with Crippen molar-refractivity contribution in [2.75, 3.05) is 5.32 Å². The molecule has 2 aromatic carbocycles. The van der Waals surface area contributed by atoms with Gasteiger partial charge in [-0.1, -0.05) is 28.9 Å². The number of rotatable bonds is 3. The summed E-state index contributed by atoms with van der Waals surface area (Å²) in [6.45, 7) is 1.99. The number of hydrogen-bond donors (Lipinski definition) is 3. The molecule has 0 saturated carbocycles. The van der Waals surface area contributed by atoms with Gasteiger partial charge in [0.15, 0.2) is 11.5 Å². The summed E-state index contributed by atoms with van der Waals surface area (Å²) in [7, 11) is 0. The average molecular weight is 336 g/mol. The van der Waals surface area contributed by atoms with Crippen LogP contribution in [0.25, 0.3) is 0 Å². The summed E-state index contributed by atoms with van der Waals surface area (Å²) in [5.41, 5.74) is 1.70. The zero-order valence-electron chi connectivity index (χ0n) is 10.9. The SMILES string of the molecule is CCc1cc(Br)ccc1NC(=O)c1cccc(O)c1O. The summed E-state index contributed by atoms with van der Waals surface area (Å²) in [6, 6.07) is 9.83. The van der Waals surface area contributed by atoms with Gasteiger partial charge in [-0.25, -0.2) is 0 Å². The fourth-order valence-electron chi connectivity index (χ4n) is 1.88. The van der Waals surface area contributed by atoms with Crippen molar-refractivity contribution < 1.29 is 15.0 Å². The van der Waals surface area contributed by atoms with Gasteiger partial charge in [-0.05, 0) is 42.3 Å². The van der Waals surface area contributed by atoms with Gasteiger partial charge in [0.1, 0.15) is 0 Å². The number of hydrogen-bond acceptors (Lipinski definition) is 3. The molecule has 0 spiro atoms. The normalized spacial score (nSPS) is 10.3. The molecule has 0 saturated heterocycles. The van der Waals surface area contributed by atoms with Gasteiger partial charge < -0.3 is 15.5 Å². The second-order valence-corrected chi connectivity index (χ2v) is 5.20. The lowest BCUT2D eigenvalue weighted by molar-refractivity contribution is 0.102. The topological polar surface area (TPSA) is 69.6 Å². The average Bonchev–Trinajstić information content (AvgIpc) is 2.43. The summed E-state index contributed by atoms with van der Waals surface area (Å²) >= 11 is 3.38. The monoisotopic (exact) mass is 335 g/mol. The molecule has 3 N–H and O–H groups in total. The molecule has 2 aromatic rings. The maximum absolute atomic E-state index is 12.1. The first-order chi connectivity index (χ1) is 9.52. The molecule has 2 rings (SSSR count). The van der Waals surface area contributed by atoms with Gasteiger partial charge in [-0.15, -0.1) is 0 Å². The van der Waals surface area contributed by atoms with Crippen LogP contribution in [-0.2, 0) is 6.42 Å². The van der Waals surface area contributed by atoms with Gasteiger partial charge >= 0.3 is 0 Å². The lowest BCUT2D eigenvalue weighted by Gasteiger charge is -2.11. The zero-order chi connectivity index (χ0) is 14.7. The minimum Gasteiger partial charge on any atom is -0.504 e. The molecule has 5 heteroatoms. The van der Waals surface area contributed by atoms with Crippen LogP contribution in [0.1, 0.15) is 22.8 Å². The number of anilines is 1. The van der Waals surface area contributed by atoms with E-state index >= 15 is 0 Å². The Kier molecular flexibility index (Phi) is 4.29. The lowest BCUT2D eigenvalue weighted by atomic mass is 10.1. The van der Waals surface area contributed by atoms with Gasteiger partial charge in [0.25, 0.3) is 5.91 Å². The van der Waals surface area contributed by atoms with Crippen LogP contribution < -0.4 is 5.32 Å². The Hall–Kier alpha value is -2.01. The Morgan fingerprint density at radius 2 is 2.00 bits per heavy atom. The van der Waals surface area contributed by atoms with Crippen molar-refractivity contribution in [3.8, 4) is 11.5 Å². The van der Waals surface area contributed by atoms with Crippen molar-refractivity contribution in [1.82, 2.24) is 0 Å². The number of aromatic hydroxyl groups is 2. The number of nitrogens with one attached hydrogen (secondary N) is 1. The Bertz CT molecular complexity index is 656. The van der Waals surface area contributed by atoms with E-state index in [1.165, 1.54) is 18.2 Å². The molecule has 0 bridgehead atoms. The molecule has 0 aliphatic heterocycles. The number of phenolic OH excluding ortho intramolecular Hbond substituents is 2. The van der Waals surface area contributed by atoms with Crippen molar-refractivity contribution in [3.63, 3.8) is 0 Å². The Morgan fingerprint density at radius 3 is 2.70 bits per heavy atom. The van der Waals surface area contributed by atoms with E-state index in [0.717, 1.165) is 16.5 Å². The van der Waals surface area contributed by atoms with Crippen molar-refractivity contribution in [1.29, 1.82) is 0 Å². The van der Waals surface area contributed by atoms with E-state index in [-0.39, 0.29) is 11.3 Å². The largest absolute Gasteiger partial charge is 0.504 e. The van der Waals surface area contributed by atoms with E-state index in [1.807, 2.05) is 19.1 Å². The third-order valence-electron chi connectivity index (χ3n) is 2.96. The predicted octanol–water partition coefficient (Wildman–Crippen LogP) is 3.68. The van der Waals surface area contributed by atoms with E-state index in [0.29, 0.717) is 5.69 Å². The summed E-state index contributed by atoms with van der Waals surface area (Å²) in [6.07, 6.45) is 0.765. The standard InChI is InChI=1S/C15H14BrNO3/c1-2-9-8-10(16)6-7-12(9)17-15(20)11-4-3-5-13(18)14(11)19/h3-8,18-19H,2H2,1H3,(H,17,20). The number of benzene rings is 2. The molecular formula is C15H14BrNO3. The molecule has 0 aliphatic carbocycles. The summed E-state index contributed by atoms with van der Waals surface area (Å²) in [4.78, 5) is 12.1. The zero-order valence-corrected chi connectivity index (χ0v) is 12.4. The van der Waals surface area contributed by atoms with Crippen LogP contribution in [0.2, 0.25) is 0 Å². The molecule has 20 heavy (non-hydrogen) atoms. The Balaban J connectivity index is 2.30. The Morgan fingerprint density at radius 1 is 1.25 bits per heavy atom. The highest BCUT2D eigenvalue weighted by Gasteiger charge is 2.15. The van der Waals surface area contributed by atoms with E-state index in [9.17, 15) is 15.0 Å². The van der Waals surface area contributed by atoms with E-state index in [1.54, 1.807) is 6.07 Å². The lowest BCUT2D eigenvalue weighted by Crippen LogP contribution is -2.13. The molecule has 0 aromatic heterocycles. The van der Waals surface area contributed by atoms with Crippen LogP contribution in [-0.4, -0.2) is 16.1 Å². The molecule has 0 heterocycles. The maximum Gasteiger partial charge on any atom is 0.259 e. The minimum atomic E-state index is -0.463. The van der Waals surface area contributed by atoms with Gasteiger partial charge in [0.05, 0.1) is 5.56 Å².